The molecule has 2 aromatic heterocycles. The van der Waals surface area contributed by atoms with Crippen molar-refractivity contribution in [2.45, 2.75) is 39.2 Å². The number of fused-ring (bicyclic) bond motifs is 1. The summed E-state index contributed by atoms with van der Waals surface area (Å²) >= 11 is 2.85. The molecule has 37 heavy (non-hydrogen) atoms. The Kier molecular flexibility index (Phi) is 8.78. The van der Waals surface area contributed by atoms with Crippen molar-refractivity contribution in [3.63, 3.8) is 0 Å². The predicted octanol–water partition coefficient (Wildman–Crippen LogP) is 4.60. The summed E-state index contributed by atoms with van der Waals surface area (Å²) < 4.78 is 19.1. The predicted molar refractivity (Wildman–Crippen MR) is 147 cm³/mol. The van der Waals surface area contributed by atoms with Crippen molar-refractivity contribution < 1.29 is 19.0 Å². The summed E-state index contributed by atoms with van der Waals surface area (Å²) in [6, 6.07) is 8.65. The highest BCUT2D eigenvalue weighted by Gasteiger charge is 2.34. The number of esters is 1. The molecular formula is C28H30N2O5S2. The largest absolute Gasteiger partial charge is 0.493 e. The second-order valence-corrected chi connectivity index (χ2v) is 10.4. The van der Waals surface area contributed by atoms with E-state index < -0.39 is 12.0 Å². The third-order valence-electron chi connectivity index (χ3n) is 5.90. The molecule has 0 saturated heterocycles. The number of hydrogen-bond donors (Lipinski definition) is 0. The SMILES string of the molecule is C=CCOC(=O)C1=C(C)N=c2s/c(=C\c3cccs3)c(=O)n2C1c1ccc(OCCCCC)c(OC)c1. The average molecular weight is 539 g/mol. The van der Waals surface area contributed by atoms with Crippen molar-refractivity contribution in [3.8, 4) is 11.5 Å². The molecule has 9 heteroatoms. The number of hydrogen-bond acceptors (Lipinski definition) is 8. The fourth-order valence-corrected chi connectivity index (χ4v) is 5.89. The van der Waals surface area contributed by atoms with Crippen LogP contribution in [-0.4, -0.2) is 30.9 Å². The molecule has 0 bridgehead atoms. The van der Waals surface area contributed by atoms with E-state index in [2.05, 4.69) is 18.5 Å². The van der Waals surface area contributed by atoms with Crippen LogP contribution in [0.3, 0.4) is 0 Å². The molecule has 0 aliphatic carbocycles. The minimum atomic E-state index is -0.734. The van der Waals surface area contributed by atoms with E-state index in [9.17, 15) is 9.59 Å². The van der Waals surface area contributed by atoms with Crippen LogP contribution in [0.15, 0.2) is 69.4 Å². The highest BCUT2D eigenvalue weighted by atomic mass is 32.1. The van der Waals surface area contributed by atoms with Gasteiger partial charge < -0.3 is 14.2 Å². The van der Waals surface area contributed by atoms with Crippen LogP contribution in [0.5, 0.6) is 11.5 Å². The summed E-state index contributed by atoms with van der Waals surface area (Å²) in [6.07, 6.45) is 6.50. The van der Waals surface area contributed by atoms with Crippen LogP contribution < -0.4 is 24.4 Å². The van der Waals surface area contributed by atoms with Gasteiger partial charge in [-0.3, -0.25) is 9.36 Å². The van der Waals surface area contributed by atoms with Crippen molar-refractivity contribution >= 4 is 34.7 Å². The lowest BCUT2D eigenvalue weighted by molar-refractivity contribution is -0.138. The van der Waals surface area contributed by atoms with E-state index in [1.807, 2.05) is 41.8 Å². The standard InChI is InChI=1S/C28H30N2O5S2/c1-5-7-8-14-34-21-12-11-19(16-22(21)33-4)25-24(27(32)35-13-6-2)18(3)29-28-30(25)26(31)23(37-28)17-20-10-9-15-36-20/h6,9-12,15-17,25H,2,5,7-8,13-14H2,1,3-4H3/b23-17-. The topological polar surface area (TPSA) is 79.1 Å². The Morgan fingerprint density at radius 2 is 2.08 bits per heavy atom. The summed E-state index contributed by atoms with van der Waals surface area (Å²) in [4.78, 5) is 33.0. The van der Waals surface area contributed by atoms with Crippen molar-refractivity contribution in [1.29, 1.82) is 0 Å². The molecule has 1 aliphatic heterocycles. The van der Waals surface area contributed by atoms with Gasteiger partial charge in [-0.15, -0.1) is 11.3 Å². The van der Waals surface area contributed by atoms with Gasteiger partial charge in [0.2, 0.25) is 0 Å². The molecule has 0 radical (unpaired) electrons. The zero-order valence-electron chi connectivity index (χ0n) is 21.2. The maximum atomic E-state index is 13.7. The Hall–Kier alpha value is -3.43. The van der Waals surface area contributed by atoms with Crippen LogP contribution in [0.4, 0.5) is 0 Å². The Morgan fingerprint density at radius 1 is 1.24 bits per heavy atom. The fourth-order valence-electron chi connectivity index (χ4n) is 4.12. The van der Waals surface area contributed by atoms with Crippen LogP contribution in [0, 0.1) is 0 Å². The lowest BCUT2D eigenvalue weighted by Gasteiger charge is -2.25. The fraction of sp³-hybridized carbons (Fsp3) is 0.321. The Balaban J connectivity index is 1.84. The van der Waals surface area contributed by atoms with E-state index >= 15 is 0 Å². The Bertz CT molecular complexity index is 1480. The molecule has 1 unspecified atom stereocenters. The minimum Gasteiger partial charge on any atom is -0.493 e. The van der Waals surface area contributed by atoms with Crippen molar-refractivity contribution in [1.82, 2.24) is 4.57 Å². The zero-order valence-corrected chi connectivity index (χ0v) is 22.8. The molecule has 3 heterocycles. The van der Waals surface area contributed by atoms with E-state index in [1.54, 1.807) is 29.9 Å². The number of carbonyl (C=O) groups excluding carboxylic acids is 1. The van der Waals surface area contributed by atoms with E-state index in [0.29, 0.717) is 44.3 Å². The van der Waals surface area contributed by atoms with Crippen LogP contribution in [0.25, 0.3) is 6.08 Å². The summed E-state index contributed by atoms with van der Waals surface area (Å²) in [5.41, 5.74) is 1.28. The zero-order chi connectivity index (χ0) is 26.4. The third kappa shape index (κ3) is 5.78. The molecule has 4 rings (SSSR count). The Labute approximate surface area is 223 Å². The number of methoxy groups -OCH3 is 1. The van der Waals surface area contributed by atoms with Crippen molar-refractivity contribution in [3.05, 3.63) is 89.8 Å². The maximum absolute atomic E-state index is 13.7. The highest BCUT2D eigenvalue weighted by Crippen LogP contribution is 2.36. The Morgan fingerprint density at radius 3 is 2.78 bits per heavy atom. The number of carbonyl (C=O) groups is 1. The quantitative estimate of drug-likeness (QED) is 0.203. The molecule has 0 N–H and O–H groups in total. The molecule has 0 amide bonds. The highest BCUT2D eigenvalue weighted by molar-refractivity contribution is 7.11. The average Bonchev–Trinajstić information content (AvgIpc) is 3.52. The minimum absolute atomic E-state index is 0.0546. The number of thiazole rings is 1. The first-order valence-electron chi connectivity index (χ1n) is 12.1. The van der Waals surface area contributed by atoms with E-state index in [0.717, 1.165) is 24.1 Å². The van der Waals surface area contributed by atoms with Crippen LogP contribution in [0.1, 0.15) is 49.6 Å². The van der Waals surface area contributed by atoms with Crippen molar-refractivity contribution in [2.24, 2.45) is 4.99 Å². The van der Waals surface area contributed by atoms with E-state index in [-0.39, 0.29) is 12.2 Å². The van der Waals surface area contributed by atoms with Gasteiger partial charge in [0.25, 0.3) is 5.56 Å². The lowest BCUT2D eigenvalue weighted by Crippen LogP contribution is -2.40. The van der Waals surface area contributed by atoms with Crippen LogP contribution >= 0.6 is 22.7 Å². The molecule has 7 nitrogen and oxygen atoms in total. The molecule has 0 spiro atoms. The lowest BCUT2D eigenvalue weighted by atomic mass is 9.95. The summed E-state index contributed by atoms with van der Waals surface area (Å²) in [7, 11) is 1.57. The smallest absolute Gasteiger partial charge is 0.338 e. The number of allylic oxidation sites excluding steroid dienone is 1. The molecule has 0 fully saturated rings. The first-order chi connectivity index (χ1) is 18.0. The molecule has 194 valence electrons. The number of benzene rings is 1. The monoisotopic (exact) mass is 538 g/mol. The van der Waals surface area contributed by atoms with E-state index in [4.69, 9.17) is 14.2 Å². The maximum Gasteiger partial charge on any atom is 0.338 e. The molecule has 1 aliphatic rings. The van der Waals surface area contributed by atoms with Gasteiger partial charge in [-0.2, -0.15) is 0 Å². The van der Waals surface area contributed by atoms with Gasteiger partial charge in [-0.05, 0) is 48.6 Å². The van der Waals surface area contributed by atoms with Gasteiger partial charge in [0, 0.05) is 4.88 Å². The summed E-state index contributed by atoms with van der Waals surface area (Å²) in [5, 5.41) is 1.96. The molecule has 1 aromatic carbocycles. The molecule has 3 aromatic rings. The van der Waals surface area contributed by atoms with Gasteiger partial charge in [0.05, 0.1) is 35.6 Å². The summed E-state index contributed by atoms with van der Waals surface area (Å²) in [6.45, 7) is 8.17. The van der Waals surface area contributed by atoms with Gasteiger partial charge in [0.15, 0.2) is 16.3 Å². The number of rotatable bonds is 11. The summed E-state index contributed by atoms with van der Waals surface area (Å²) in [5.74, 6) is 0.602. The van der Waals surface area contributed by atoms with Crippen molar-refractivity contribution in [2.75, 3.05) is 20.3 Å². The van der Waals surface area contributed by atoms with E-state index in [1.165, 1.54) is 17.4 Å². The molecule has 1 atom stereocenters. The van der Waals surface area contributed by atoms with Gasteiger partial charge in [0.1, 0.15) is 6.61 Å². The number of unbranched alkanes of at least 4 members (excludes halogenated alkanes) is 2. The van der Waals surface area contributed by atoms with Gasteiger partial charge in [-0.1, -0.05) is 55.9 Å². The first kappa shape index (κ1) is 26.6. The number of ether oxygens (including phenoxy) is 3. The molecular weight excluding hydrogens is 508 g/mol. The second-order valence-electron chi connectivity index (χ2n) is 8.45. The van der Waals surface area contributed by atoms with Crippen LogP contribution in [-0.2, 0) is 9.53 Å². The third-order valence-corrected chi connectivity index (χ3v) is 7.70. The number of aromatic nitrogens is 1. The van der Waals surface area contributed by atoms with Gasteiger partial charge >= 0.3 is 5.97 Å². The number of nitrogens with zero attached hydrogens (tertiary/aromatic N) is 2. The van der Waals surface area contributed by atoms with Crippen LogP contribution in [0.2, 0.25) is 0 Å². The second kappa shape index (κ2) is 12.2. The normalized spacial score (nSPS) is 15.2. The molecule has 0 saturated carbocycles. The van der Waals surface area contributed by atoms with Gasteiger partial charge in [-0.25, -0.2) is 9.79 Å². The first-order valence-corrected chi connectivity index (χ1v) is 13.8. The number of thiophene rings is 1.